The van der Waals surface area contributed by atoms with Crippen LogP contribution in [0, 0.1) is 20.8 Å². The van der Waals surface area contributed by atoms with Gasteiger partial charge < -0.3 is 9.67 Å². The van der Waals surface area contributed by atoms with E-state index < -0.39 is 23.8 Å². The molecular weight excluding hydrogens is 502 g/mol. The van der Waals surface area contributed by atoms with Gasteiger partial charge in [0.15, 0.2) is 0 Å². The molecule has 0 atom stereocenters. The Morgan fingerprint density at radius 3 is 2.32 bits per heavy atom. The average molecular weight is 522 g/mol. The largest absolute Gasteiger partial charge is 0.478 e. The monoisotopic (exact) mass is 521 g/mol. The van der Waals surface area contributed by atoms with Crippen molar-refractivity contribution in [3.8, 4) is 5.69 Å². The van der Waals surface area contributed by atoms with Crippen molar-refractivity contribution in [2.45, 2.75) is 20.8 Å². The Morgan fingerprint density at radius 2 is 1.68 bits per heavy atom. The molecular formula is C25H20BrN3O5. The van der Waals surface area contributed by atoms with Crippen LogP contribution in [0.15, 0.2) is 58.6 Å². The highest BCUT2D eigenvalue weighted by Crippen LogP contribution is 2.28. The molecule has 0 unspecified atom stereocenters. The number of hydrogen-bond donors (Lipinski definition) is 2. The van der Waals surface area contributed by atoms with Gasteiger partial charge in [0.25, 0.3) is 11.8 Å². The number of carbonyl (C=O) groups excluding carboxylic acids is 3. The Kier molecular flexibility index (Phi) is 5.97. The Bertz CT molecular complexity index is 1400. The number of imide groups is 2. The SMILES string of the molecule is Cc1ccc(C(=O)O)cc1-n1c(C)cc(/C=C2\C(=O)NC(=O)N(c3ccc(Br)cc3)C2=O)c1C. The van der Waals surface area contributed by atoms with Crippen LogP contribution >= 0.6 is 15.9 Å². The fourth-order valence-electron chi connectivity index (χ4n) is 3.93. The third kappa shape index (κ3) is 4.06. The lowest BCUT2D eigenvalue weighted by Gasteiger charge is -2.26. The number of barbiturate groups is 1. The summed E-state index contributed by atoms with van der Waals surface area (Å²) in [6, 6.07) is 12.4. The summed E-state index contributed by atoms with van der Waals surface area (Å²) in [5.74, 6) is -2.55. The molecule has 0 saturated carbocycles. The first kappa shape index (κ1) is 23.2. The summed E-state index contributed by atoms with van der Waals surface area (Å²) < 4.78 is 2.65. The van der Waals surface area contributed by atoms with E-state index in [-0.39, 0.29) is 11.1 Å². The maximum absolute atomic E-state index is 13.2. The van der Waals surface area contributed by atoms with Gasteiger partial charge in [0, 0.05) is 21.5 Å². The van der Waals surface area contributed by atoms with Gasteiger partial charge >= 0.3 is 12.0 Å². The lowest BCUT2D eigenvalue weighted by Crippen LogP contribution is -2.54. The Hall–Kier alpha value is -3.98. The molecule has 3 aromatic rings. The molecule has 2 heterocycles. The summed E-state index contributed by atoms with van der Waals surface area (Å²) in [5, 5.41) is 11.6. The van der Waals surface area contributed by atoms with Crippen LogP contribution < -0.4 is 10.2 Å². The van der Waals surface area contributed by atoms with Gasteiger partial charge in [0.2, 0.25) is 0 Å². The van der Waals surface area contributed by atoms with E-state index in [2.05, 4.69) is 21.2 Å². The van der Waals surface area contributed by atoms with E-state index >= 15 is 0 Å². The predicted molar refractivity (Wildman–Crippen MR) is 130 cm³/mol. The van der Waals surface area contributed by atoms with Gasteiger partial charge in [-0.15, -0.1) is 0 Å². The molecule has 0 bridgehead atoms. The number of aryl methyl sites for hydroxylation is 2. The highest BCUT2D eigenvalue weighted by molar-refractivity contribution is 9.10. The number of anilines is 1. The topological polar surface area (TPSA) is 109 Å². The highest BCUT2D eigenvalue weighted by atomic mass is 79.9. The van der Waals surface area contributed by atoms with E-state index in [1.54, 1.807) is 42.5 Å². The third-order valence-corrected chi connectivity index (χ3v) is 6.18. The van der Waals surface area contributed by atoms with Crippen molar-refractivity contribution in [2.75, 3.05) is 4.90 Å². The van der Waals surface area contributed by atoms with Gasteiger partial charge in [-0.1, -0.05) is 22.0 Å². The molecule has 1 fully saturated rings. The molecule has 1 aromatic heterocycles. The van der Waals surface area contributed by atoms with Crippen LogP contribution in [-0.2, 0) is 9.59 Å². The molecule has 1 saturated heterocycles. The molecule has 2 N–H and O–H groups in total. The predicted octanol–water partition coefficient (Wildman–Crippen LogP) is 4.53. The number of hydrogen-bond acceptors (Lipinski definition) is 4. The number of nitrogens with one attached hydrogen (secondary N) is 1. The molecule has 34 heavy (non-hydrogen) atoms. The maximum Gasteiger partial charge on any atom is 0.335 e. The van der Waals surface area contributed by atoms with Crippen molar-refractivity contribution in [3.05, 3.63) is 86.7 Å². The number of nitrogens with zero attached hydrogens (tertiary/aromatic N) is 2. The van der Waals surface area contributed by atoms with E-state index in [4.69, 9.17) is 0 Å². The molecule has 8 nitrogen and oxygen atoms in total. The molecule has 2 aromatic carbocycles. The number of carboxylic acid groups (broad SMARTS) is 1. The van der Waals surface area contributed by atoms with E-state index in [1.165, 1.54) is 12.1 Å². The van der Waals surface area contributed by atoms with Crippen molar-refractivity contribution < 1.29 is 24.3 Å². The number of halogens is 1. The highest BCUT2D eigenvalue weighted by Gasteiger charge is 2.37. The molecule has 0 aliphatic carbocycles. The number of carboxylic acids is 1. The minimum atomic E-state index is -1.03. The van der Waals surface area contributed by atoms with Gasteiger partial charge in [-0.05, 0) is 80.4 Å². The molecule has 4 rings (SSSR count). The van der Waals surface area contributed by atoms with Crippen molar-refractivity contribution in [1.82, 2.24) is 9.88 Å². The van der Waals surface area contributed by atoms with E-state index in [1.807, 2.05) is 25.3 Å². The Morgan fingerprint density at radius 1 is 1.00 bits per heavy atom. The minimum absolute atomic E-state index is 0.151. The minimum Gasteiger partial charge on any atom is -0.478 e. The number of amides is 4. The molecule has 1 aliphatic rings. The fraction of sp³-hybridized carbons (Fsp3) is 0.120. The van der Waals surface area contributed by atoms with Gasteiger partial charge in [-0.3, -0.25) is 14.9 Å². The quantitative estimate of drug-likeness (QED) is 0.387. The van der Waals surface area contributed by atoms with Crippen molar-refractivity contribution in [1.29, 1.82) is 0 Å². The average Bonchev–Trinajstić information content (AvgIpc) is 3.05. The Labute approximate surface area is 203 Å². The molecule has 0 radical (unpaired) electrons. The first-order chi connectivity index (χ1) is 16.1. The number of urea groups is 1. The van der Waals surface area contributed by atoms with Crippen molar-refractivity contribution >= 4 is 51.5 Å². The summed E-state index contributed by atoms with van der Waals surface area (Å²) in [5.41, 5.74) is 3.95. The first-order valence-corrected chi connectivity index (χ1v) is 11.1. The number of aromatic nitrogens is 1. The van der Waals surface area contributed by atoms with E-state index in [0.717, 1.165) is 20.6 Å². The zero-order valence-corrected chi connectivity index (χ0v) is 20.1. The number of aromatic carboxylic acids is 1. The van der Waals surface area contributed by atoms with Crippen molar-refractivity contribution in [2.24, 2.45) is 0 Å². The van der Waals surface area contributed by atoms with Crippen molar-refractivity contribution in [3.63, 3.8) is 0 Å². The van der Waals surface area contributed by atoms with Crippen LogP contribution in [0.25, 0.3) is 11.8 Å². The van der Waals surface area contributed by atoms with Crippen LogP contribution in [0.5, 0.6) is 0 Å². The zero-order chi connectivity index (χ0) is 24.7. The van der Waals surface area contributed by atoms with Gasteiger partial charge in [0.1, 0.15) is 5.57 Å². The zero-order valence-electron chi connectivity index (χ0n) is 18.5. The lowest BCUT2D eigenvalue weighted by molar-refractivity contribution is -0.122. The van der Waals surface area contributed by atoms with Crippen LogP contribution in [0.3, 0.4) is 0 Å². The fourth-order valence-corrected chi connectivity index (χ4v) is 4.19. The summed E-state index contributed by atoms with van der Waals surface area (Å²) in [6.45, 7) is 5.54. The summed E-state index contributed by atoms with van der Waals surface area (Å²) >= 11 is 3.31. The standard InChI is InChI=1S/C25H20BrN3O5/c1-13-4-5-16(24(32)33)12-21(13)28-14(2)10-17(15(28)3)11-20-22(30)27-25(34)29(23(20)31)19-8-6-18(26)7-9-19/h4-12H,1-3H3,(H,32,33)(H,27,30,34)/b20-11+. The summed E-state index contributed by atoms with van der Waals surface area (Å²) in [4.78, 5) is 50.5. The van der Waals surface area contributed by atoms with Gasteiger partial charge in [0.05, 0.1) is 11.3 Å². The van der Waals surface area contributed by atoms with Crippen LogP contribution in [-0.4, -0.2) is 33.5 Å². The van der Waals surface area contributed by atoms with E-state index in [0.29, 0.717) is 22.6 Å². The van der Waals surface area contributed by atoms with Crippen LogP contribution in [0.2, 0.25) is 0 Å². The second kappa shape index (κ2) is 8.75. The smallest absolute Gasteiger partial charge is 0.335 e. The molecule has 9 heteroatoms. The van der Waals surface area contributed by atoms with Gasteiger partial charge in [-0.25, -0.2) is 14.5 Å². The number of benzene rings is 2. The van der Waals surface area contributed by atoms with Crippen LogP contribution in [0.4, 0.5) is 10.5 Å². The van der Waals surface area contributed by atoms with Gasteiger partial charge in [-0.2, -0.15) is 0 Å². The molecule has 172 valence electrons. The summed E-state index contributed by atoms with van der Waals surface area (Å²) in [6.07, 6.45) is 1.45. The second-order valence-corrected chi connectivity index (χ2v) is 8.82. The molecule has 1 aliphatic heterocycles. The van der Waals surface area contributed by atoms with E-state index in [9.17, 15) is 24.3 Å². The maximum atomic E-state index is 13.2. The molecule has 0 spiro atoms. The molecule has 4 amide bonds. The number of rotatable bonds is 4. The summed E-state index contributed by atoms with van der Waals surface area (Å²) in [7, 11) is 0. The normalized spacial score (nSPS) is 15.1. The van der Waals surface area contributed by atoms with Crippen LogP contribution in [0.1, 0.15) is 32.9 Å². The third-order valence-electron chi connectivity index (χ3n) is 5.65. The Balaban J connectivity index is 1.79. The first-order valence-electron chi connectivity index (χ1n) is 10.3. The second-order valence-electron chi connectivity index (χ2n) is 7.90. The number of carbonyl (C=O) groups is 4. The lowest BCUT2D eigenvalue weighted by atomic mass is 10.1.